The first-order valence-electron chi connectivity index (χ1n) is 8.71. The van der Waals surface area contributed by atoms with Crippen LogP contribution in [0.4, 0.5) is 0 Å². The average molecular weight is 459 g/mol. The predicted molar refractivity (Wildman–Crippen MR) is 114 cm³/mol. The van der Waals surface area contributed by atoms with E-state index in [1.807, 2.05) is 13.8 Å². The summed E-state index contributed by atoms with van der Waals surface area (Å²) >= 11 is 0. The summed E-state index contributed by atoms with van der Waals surface area (Å²) in [5.41, 5.74) is 1.86. The molecule has 0 radical (unpaired) electrons. The number of rotatable bonds is 7. The number of benzene rings is 2. The van der Waals surface area contributed by atoms with E-state index in [2.05, 4.69) is 0 Å². The van der Waals surface area contributed by atoms with Gasteiger partial charge in [0.1, 0.15) is 0 Å². The number of hydrogen-bond acceptors (Lipinski definition) is 6. The van der Waals surface area contributed by atoms with E-state index in [-0.39, 0.29) is 9.79 Å². The minimum absolute atomic E-state index is 0.0462. The molecule has 0 aliphatic heterocycles. The molecule has 0 unspecified atom stereocenters. The van der Waals surface area contributed by atoms with Crippen molar-refractivity contribution < 1.29 is 24.6 Å². The highest BCUT2D eigenvalue weighted by atomic mass is 32.2. The van der Waals surface area contributed by atoms with Crippen molar-refractivity contribution in [1.29, 1.82) is 0 Å². The maximum atomic E-state index is 12.7. The molecule has 0 spiro atoms. The molecule has 0 fully saturated rings. The largest absolute Gasteiger partial charge is 0.312 e. The highest BCUT2D eigenvalue weighted by Crippen LogP contribution is 2.29. The Balaban J connectivity index is 2.29. The van der Waals surface area contributed by atoms with Crippen LogP contribution in [-0.2, 0) is 28.0 Å². The van der Waals surface area contributed by atoms with Crippen molar-refractivity contribution in [1.82, 2.24) is 0 Å². The van der Waals surface area contributed by atoms with Crippen molar-refractivity contribution in [2.45, 2.75) is 49.8 Å². The summed E-state index contributed by atoms with van der Waals surface area (Å²) in [4.78, 5) is 0.0923. The lowest BCUT2D eigenvalue weighted by Crippen LogP contribution is -2.60. The molecular weight excluding hydrogens is 432 g/mol. The lowest BCUT2D eigenvalue weighted by atomic mass is 10.2. The average Bonchev–Trinajstić information content (AvgIpc) is 2.53. The van der Waals surface area contributed by atoms with Crippen LogP contribution in [0.2, 0.25) is 26.2 Å². The second-order valence-electron chi connectivity index (χ2n) is 7.72. The molecule has 28 heavy (non-hydrogen) atoms. The van der Waals surface area contributed by atoms with Gasteiger partial charge in [-0.15, -0.1) is 0 Å². The zero-order chi connectivity index (χ0) is 21.4. The van der Waals surface area contributed by atoms with Crippen LogP contribution in [0.1, 0.15) is 11.1 Å². The standard InChI is InChI=1S/C18H26O6S2Si2/c1-15-7-11-17(12-8-15)25(19,20)23-27(3,4)28(5,6)24-26(21,22)18-13-9-16(2)10-14-18/h7-14H,1-6H3. The van der Waals surface area contributed by atoms with Crippen molar-refractivity contribution >= 4 is 35.9 Å². The maximum Gasteiger partial charge on any atom is 0.287 e. The Morgan fingerprint density at radius 1 is 0.571 bits per heavy atom. The number of hydrogen-bond donors (Lipinski definition) is 0. The van der Waals surface area contributed by atoms with Crippen LogP contribution in [-0.4, -0.2) is 32.5 Å². The first kappa shape index (κ1) is 23.0. The van der Waals surface area contributed by atoms with Gasteiger partial charge in [-0.2, -0.15) is 16.8 Å². The van der Waals surface area contributed by atoms with Gasteiger partial charge in [0.25, 0.3) is 20.2 Å². The second kappa shape index (κ2) is 7.84. The molecule has 0 amide bonds. The van der Waals surface area contributed by atoms with Gasteiger partial charge >= 0.3 is 0 Å². The molecule has 2 aromatic carbocycles. The van der Waals surface area contributed by atoms with Crippen LogP contribution in [0.3, 0.4) is 0 Å². The highest BCUT2D eigenvalue weighted by molar-refractivity contribution is 7.90. The van der Waals surface area contributed by atoms with Crippen LogP contribution < -0.4 is 0 Å². The summed E-state index contributed by atoms with van der Waals surface area (Å²) in [7, 11) is -14.2. The topological polar surface area (TPSA) is 86.7 Å². The fourth-order valence-electron chi connectivity index (χ4n) is 2.26. The van der Waals surface area contributed by atoms with Crippen LogP contribution in [0.25, 0.3) is 0 Å². The summed E-state index contributed by atoms with van der Waals surface area (Å²) in [6.07, 6.45) is 0. The van der Waals surface area contributed by atoms with Gasteiger partial charge in [0.05, 0.1) is 9.79 Å². The molecule has 0 aliphatic carbocycles. The van der Waals surface area contributed by atoms with Gasteiger partial charge in [-0.3, -0.25) is 0 Å². The van der Waals surface area contributed by atoms with E-state index >= 15 is 0 Å². The van der Waals surface area contributed by atoms with Gasteiger partial charge in [0, 0.05) is 0 Å². The van der Waals surface area contributed by atoms with E-state index < -0.39 is 35.9 Å². The molecule has 10 heteroatoms. The molecule has 0 saturated carbocycles. The quantitative estimate of drug-likeness (QED) is 0.585. The summed E-state index contributed by atoms with van der Waals surface area (Å²) in [5, 5.41) is 0. The molecule has 6 nitrogen and oxygen atoms in total. The third-order valence-corrected chi connectivity index (χ3v) is 24.6. The molecule has 0 heterocycles. The molecule has 2 aromatic rings. The van der Waals surface area contributed by atoms with E-state index in [9.17, 15) is 16.8 Å². The summed E-state index contributed by atoms with van der Waals surface area (Å²) in [5.74, 6) is 0. The van der Waals surface area contributed by atoms with Crippen LogP contribution >= 0.6 is 0 Å². The van der Waals surface area contributed by atoms with Crippen molar-refractivity contribution in [2.24, 2.45) is 0 Å². The molecule has 0 N–H and O–H groups in total. The van der Waals surface area contributed by atoms with Crippen molar-refractivity contribution in [3.63, 3.8) is 0 Å². The lowest BCUT2D eigenvalue weighted by molar-refractivity contribution is 0.467. The van der Waals surface area contributed by atoms with Crippen molar-refractivity contribution in [2.75, 3.05) is 0 Å². The van der Waals surface area contributed by atoms with Gasteiger partial charge in [0.15, 0.2) is 0 Å². The van der Waals surface area contributed by atoms with Crippen molar-refractivity contribution in [3.8, 4) is 0 Å². The molecule has 0 atom stereocenters. The fraction of sp³-hybridized carbons (Fsp3) is 0.333. The summed E-state index contributed by atoms with van der Waals surface area (Å²) in [6, 6.07) is 12.7. The summed E-state index contributed by atoms with van der Waals surface area (Å²) in [6.45, 7) is 10.4. The minimum atomic E-state index is -4.02. The van der Waals surface area contributed by atoms with Gasteiger partial charge in [0.2, 0.25) is 15.7 Å². The monoisotopic (exact) mass is 458 g/mol. The Morgan fingerprint density at radius 2 is 0.821 bits per heavy atom. The smallest absolute Gasteiger partial charge is 0.287 e. The number of aryl methyl sites for hydroxylation is 2. The Hall–Kier alpha value is -1.31. The Kier molecular flexibility index (Phi) is 6.44. The fourth-order valence-corrected chi connectivity index (χ4v) is 15.5. The normalized spacial score (nSPS) is 13.5. The van der Waals surface area contributed by atoms with E-state index in [1.165, 1.54) is 24.3 Å². The van der Waals surface area contributed by atoms with E-state index in [0.29, 0.717) is 0 Å². The third kappa shape index (κ3) is 5.19. The first-order chi connectivity index (χ1) is 12.7. The predicted octanol–water partition coefficient (Wildman–Crippen LogP) is 3.90. The van der Waals surface area contributed by atoms with Crippen LogP contribution in [0, 0.1) is 13.8 Å². The van der Waals surface area contributed by atoms with E-state index in [4.69, 9.17) is 7.74 Å². The van der Waals surface area contributed by atoms with Crippen molar-refractivity contribution in [3.05, 3.63) is 59.7 Å². The molecule has 0 aliphatic rings. The second-order valence-corrected chi connectivity index (χ2v) is 25.1. The third-order valence-electron chi connectivity index (χ3n) is 4.71. The maximum absolute atomic E-state index is 12.7. The molecule has 154 valence electrons. The molecule has 0 aromatic heterocycles. The first-order valence-corrected chi connectivity index (χ1v) is 18.3. The van der Waals surface area contributed by atoms with Gasteiger partial charge in [-0.25, -0.2) is 0 Å². The highest BCUT2D eigenvalue weighted by Gasteiger charge is 2.51. The van der Waals surface area contributed by atoms with Gasteiger partial charge in [-0.05, 0) is 64.3 Å². The zero-order valence-electron chi connectivity index (χ0n) is 16.9. The van der Waals surface area contributed by atoms with E-state index in [0.717, 1.165) is 11.1 Å². The Bertz CT molecular complexity index is 955. The zero-order valence-corrected chi connectivity index (χ0v) is 20.5. The Labute approximate surface area is 169 Å². The molecule has 2 rings (SSSR count). The summed E-state index contributed by atoms with van der Waals surface area (Å²) < 4.78 is 62.0. The molecule has 0 bridgehead atoms. The lowest BCUT2D eigenvalue weighted by Gasteiger charge is -2.35. The van der Waals surface area contributed by atoms with Gasteiger partial charge < -0.3 is 7.74 Å². The Morgan fingerprint density at radius 3 is 1.07 bits per heavy atom. The van der Waals surface area contributed by atoms with E-state index in [1.54, 1.807) is 50.5 Å². The molecular formula is C18H26O6S2Si2. The SMILES string of the molecule is Cc1ccc(S(=O)(=O)O[Si](C)(C)[Si](C)(C)OS(=O)(=O)c2ccc(C)cc2)cc1. The van der Waals surface area contributed by atoms with Gasteiger partial charge in [-0.1, -0.05) is 35.4 Å². The minimum Gasteiger partial charge on any atom is -0.312 e. The van der Waals surface area contributed by atoms with Crippen LogP contribution in [0.5, 0.6) is 0 Å². The molecule has 0 saturated heterocycles. The van der Waals surface area contributed by atoms with Crippen LogP contribution in [0.15, 0.2) is 58.3 Å².